The van der Waals surface area contributed by atoms with Crippen molar-refractivity contribution in [1.29, 1.82) is 0 Å². The lowest BCUT2D eigenvalue weighted by Gasteiger charge is -2.45. The lowest BCUT2D eigenvalue weighted by atomic mass is 9.73. The van der Waals surface area contributed by atoms with Crippen LogP contribution >= 0.6 is 0 Å². The maximum absolute atomic E-state index is 6.34. The second-order valence-electron chi connectivity index (χ2n) is 6.48. The molecule has 2 heteroatoms. The fourth-order valence-electron chi connectivity index (χ4n) is 3.67. The predicted molar refractivity (Wildman–Crippen MR) is 89.6 cm³/mol. The van der Waals surface area contributed by atoms with Crippen LogP contribution in [-0.2, 0) is 11.2 Å². The predicted octanol–water partition coefficient (Wildman–Crippen LogP) is 4.19. The standard InChI is InChI=1S/C19H31NO/c1-4-20-18(15-17-9-7-6-8-10-17)19(21-5-2)13-11-16(3)12-14-19/h6-10,16,18,20H,4-5,11-15H2,1-3H3. The third-order valence-corrected chi connectivity index (χ3v) is 4.92. The van der Waals surface area contributed by atoms with E-state index >= 15 is 0 Å². The van der Waals surface area contributed by atoms with Crippen molar-refractivity contribution in [1.82, 2.24) is 5.32 Å². The fraction of sp³-hybridized carbons (Fsp3) is 0.684. The maximum atomic E-state index is 6.34. The number of ether oxygens (including phenoxy) is 1. The van der Waals surface area contributed by atoms with Crippen LogP contribution in [0.2, 0.25) is 0 Å². The van der Waals surface area contributed by atoms with E-state index < -0.39 is 0 Å². The quantitative estimate of drug-likeness (QED) is 0.812. The van der Waals surface area contributed by atoms with Crippen molar-refractivity contribution < 1.29 is 4.74 Å². The zero-order valence-corrected chi connectivity index (χ0v) is 13.9. The number of likely N-dealkylation sites (N-methyl/N-ethyl adjacent to an activating group) is 1. The van der Waals surface area contributed by atoms with Gasteiger partial charge in [-0.2, -0.15) is 0 Å². The molecule has 1 aromatic carbocycles. The van der Waals surface area contributed by atoms with Crippen molar-refractivity contribution in [2.45, 2.75) is 64.5 Å². The highest BCUT2D eigenvalue weighted by atomic mass is 16.5. The van der Waals surface area contributed by atoms with Crippen molar-refractivity contribution in [3.63, 3.8) is 0 Å². The van der Waals surface area contributed by atoms with E-state index in [-0.39, 0.29) is 5.60 Å². The van der Waals surface area contributed by atoms with Crippen LogP contribution in [0.1, 0.15) is 52.0 Å². The van der Waals surface area contributed by atoms with Crippen LogP contribution in [0.4, 0.5) is 0 Å². The molecule has 118 valence electrons. The summed E-state index contributed by atoms with van der Waals surface area (Å²) in [6.07, 6.45) is 6.01. The van der Waals surface area contributed by atoms with Gasteiger partial charge in [0, 0.05) is 12.6 Å². The van der Waals surface area contributed by atoms with Gasteiger partial charge in [0.15, 0.2) is 0 Å². The monoisotopic (exact) mass is 289 g/mol. The van der Waals surface area contributed by atoms with Gasteiger partial charge in [0.25, 0.3) is 0 Å². The number of benzene rings is 1. The molecule has 0 amide bonds. The molecule has 2 nitrogen and oxygen atoms in total. The van der Waals surface area contributed by atoms with Gasteiger partial charge in [-0.3, -0.25) is 0 Å². The molecule has 1 unspecified atom stereocenters. The Kier molecular flexibility index (Phi) is 6.25. The largest absolute Gasteiger partial charge is 0.374 e. The first-order valence-corrected chi connectivity index (χ1v) is 8.61. The summed E-state index contributed by atoms with van der Waals surface area (Å²) in [6.45, 7) is 8.51. The molecule has 21 heavy (non-hydrogen) atoms. The molecule has 2 rings (SSSR count). The van der Waals surface area contributed by atoms with Crippen molar-refractivity contribution in [2.24, 2.45) is 5.92 Å². The molecule has 0 spiro atoms. The summed E-state index contributed by atoms with van der Waals surface area (Å²) in [6, 6.07) is 11.2. The highest BCUT2D eigenvalue weighted by molar-refractivity contribution is 5.17. The first-order valence-electron chi connectivity index (χ1n) is 8.61. The number of nitrogens with one attached hydrogen (secondary N) is 1. The van der Waals surface area contributed by atoms with Crippen molar-refractivity contribution in [2.75, 3.05) is 13.2 Å². The lowest BCUT2D eigenvalue weighted by molar-refractivity contribution is -0.0958. The molecule has 1 fully saturated rings. The van der Waals surface area contributed by atoms with E-state index in [2.05, 4.69) is 56.4 Å². The third-order valence-electron chi connectivity index (χ3n) is 4.92. The van der Waals surface area contributed by atoms with Gasteiger partial charge in [0.1, 0.15) is 0 Å². The van der Waals surface area contributed by atoms with E-state index in [0.717, 1.165) is 25.5 Å². The second kappa shape index (κ2) is 7.95. The number of hydrogen-bond acceptors (Lipinski definition) is 2. The van der Waals surface area contributed by atoms with Crippen molar-refractivity contribution in [3.05, 3.63) is 35.9 Å². The average molecular weight is 289 g/mol. The Bertz CT molecular complexity index is 395. The first kappa shape index (κ1) is 16.5. The Morgan fingerprint density at radius 1 is 1.19 bits per heavy atom. The van der Waals surface area contributed by atoms with E-state index in [1.165, 1.54) is 31.2 Å². The summed E-state index contributed by atoms with van der Waals surface area (Å²) in [5.41, 5.74) is 1.42. The Morgan fingerprint density at radius 2 is 1.86 bits per heavy atom. The Morgan fingerprint density at radius 3 is 2.43 bits per heavy atom. The van der Waals surface area contributed by atoms with Crippen molar-refractivity contribution >= 4 is 0 Å². The summed E-state index contributed by atoms with van der Waals surface area (Å²) >= 11 is 0. The molecule has 1 atom stereocenters. The SMILES string of the molecule is CCNC(Cc1ccccc1)C1(OCC)CCC(C)CC1. The zero-order valence-electron chi connectivity index (χ0n) is 13.9. The van der Waals surface area contributed by atoms with Crippen LogP contribution in [0.25, 0.3) is 0 Å². The molecule has 0 aromatic heterocycles. The highest BCUT2D eigenvalue weighted by Gasteiger charge is 2.41. The Balaban J connectivity index is 2.16. The van der Waals surface area contributed by atoms with Crippen LogP contribution in [0.15, 0.2) is 30.3 Å². The van der Waals surface area contributed by atoms with Gasteiger partial charge in [-0.1, -0.05) is 44.2 Å². The molecule has 0 aliphatic heterocycles. The molecule has 0 bridgehead atoms. The molecular weight excluding hydrogens is 258 g/mol. The van der Waals surface area contributed by atoms with Crippen LogP contribution in [0.3, 0.4) is 0 Å². The smallest absolute Gasteiger partial charge is 0.0838 e. The van der Waals surface area contributed by atoms with E-state index in [0.29, 0.717) is 6.04 Å². The highest BCUT2D eigenvalue weighted by Crippen LogP contribution is 2.38. The summed E-state index contributed by atoms with van der Waals surface area (Å²) in [7, 11) is 0. The Labute approximate surface area is 130 Å². The second-order valence-corrected chi connectivity index (χ2v) is 6.48. The van der Waals surface area contributed by atoms with Gasteiger partial charge in [0.05, 0.1) is 5.60 Å². The van der Waals surface area contributed by atoms with E-state index in [4.69, 9.17) is 4.74 Å². The average Bonchev–Trinajstić information content (AvgIpc) is 2.51. The minimum absolute atomic E-state index is 0.0209. The van der Waals surface area contributed by atoms with Crippen LogP contribution in [-0.4, -0.2) is 24.8 Å². The topological polar surface area (TPSA) is 21.3 Å². The normalized spacial score (nSPS) is 27.5. The molecular formula is C19H31NO. The van der Waals surface area contributed by atoms with Gasteiger partial charge < -0.3 is 10.1 Å². The van der Waals surface area contributed by atoms with E-state index in [1.54, 1.807) is 0 Å². The summed E-state index contributed by atoms with van der Waals surface area (Å²) in [4.78, 5) is 0. The molecule has 1 N–H and O–H groups in total. The summed E-state index contributed by atoms with van der Waals surface area (Å²) < 4.78 is 6.34. The van der Waals surface area contributed by atoms with E-state index in [1.807, 2.05) is 0 Å². The van der Waals surface area contributed by atoms with Crippen LogP contribution in [0.5, 0.6) is 0 Å². The van der Waals surface area contributed by atoms with Gasteiger partial charge in [-0.15, -0.1) is 0 Å². The molecule has 0 saturated heterocycles. The number of hydrogen-bond donors (Lipinski definition) is 1. The van der Waals surface area contributed by atoms with Gasteiger partial charge in [0.2, 0.25) is 0 Å². The third kappa shape index (κ3) is 4.31. The molecule has 1 saturated carbocycles. The van der Waals surface area contributed by atoms with Crippen molar-refractivity contribution in [3.8, 4) is 0 Å². The molecule has 1 aliphatic rings. The van der Waals surface area contributed by atoms with E-state index in [9.17, 15) is 0 Å². The minimum atomic E-state index is 0.0209. The fourth-order valence-corrected chi connectivity index (χ4v) is 3.67. The minimum Gasteiger partial charge on any atom is -0.374 e. The molecule has 0 radical (unpaired) electrons. The molecule has 1 aromatic rings. The maximum Gasteiger partial charge on any atom is 0.0838 e. The van der Waals surface area contributed by atoms with Crippen LogP contribution in [0, 0.1) is 5.92 Å². The van der Waals surface area contributed by atoms with Gasteiger partial charge in [-0.05, 0) is 57.1 Å². The lowest BCUT2D eigenvalue weighted by Crippen LogP contribution is -2.55. The molecule has 1 aliphatic carbocycles. The first-order chi connectivity index (χ1) is 10.2. The zero-order chi connectivity index (χ0) is 15.1. The van der Waals surface area contributed by atoms with Crippen LogP contribution < -0.4 is 5.32 Å². The van der Waals surface area contributed by atoms with Gasteiger partial charge >= 0.3 is 0 Å². The summed E-state index contributed by atoms with van der Waals surface area (Å²) in [5, 5.41) is 3.72. The number of rotatable bonds is 7. The van der Waals surface area contributed by atoms with Gasteiger partial charge in [-0.25, -0.2) is 0 Å². The summed E-state index contributed by atoms with van der Waals surface area (Å²) in [5.74, 6) is 0.845. The Hall–Kier alpha value is -0.860. The molecule has 0 heterocycles.